The summed E-state index contributed by atoms with van der Waals surface area (Å²) in [6, 6.07) is 5.07. The van der Waals surface area contributed by atoms with E-state index in [9.17, 15) is 4.79 Å². The van der Waals surface area contributed by atoms with Crippen LogP contribution in [0.5, 0.6) is 5.75 Å². The van der Waals surface area contributed by atoms with Gasteiger partial charge in [0.25, 0.3) is 0 Å². The van der Waals surface area contributed by atoms with Gasteiger partial charge in [-0.05, 0) is 30.5 Å². The van der Waals surface area contributed by atoms with Gasteiger partial charge in [0.1, 0.15) is 5.75 Å². The number of carbonyl (C=O) groups excluding carboxylic acids is 1. The van der Waals surface area contributed by atoms with Gasteiger partial charge >= 0.3 is 0 Å². The van der Waals surface area contributed by atoms with Crippen molar-refractivity contribution in [3.63, 3.8) is 0 Å². The summed E-state index contributed by atoms with van der Waals surface area (Å²) in [5.41, 5.74) is 6.29. The summed E-state index contributed by atoms with van der Waals surface area (Å²) >= 11 is 5.94. The third-order valence-electron chi connectivity index (χ3n) is 2.85. The first-order valence-corrected chi connectivity index (χ1v) is 6.45. The van der Waals surface area contributed by atoms with Crippen LogP contribution >= 0.6 is 11.6 Å². The summed E-state index contributed by atoms with van der Waals surface area (Å²) in [6.45, 7) is 4.53. The highest BCUT2D eigenvalue weighted by atomic mass is 35.5. The Morgan fingerprint density at radius 1 is 1.44 bits per heavy atom. The fourth-order valence-corrected chi connectivity index (χ4v) is 2.12. The van der Waals surface area contributed by atoms with E-state index in [1.54, 1.807) is 18.2 Å². The standard InChI is InChI=1S/C14H20ClNO2/c1-9(2)6-11(8-16)14(17)10-4-5-12(15)13(7-10)18-3/h4-5,7,9,11H,6,8,16H2,1-3H3. The van der Waals surface area contributed by atoms with Crippen LogP contribution in [-0.4, -0.2) is 19.4 Å². The van der Waals surface area contributed by atoms with Crippen molar-refractivity contribution in [1.29, 1.82) is 0 Å². The van der Waals surface area contributed by atoms with Gasteiger partial charge in [-0.25, -0.2) is 0 Å². The highest BCUT2D eigenvalue weighted by Gasteiger charge is 2.20. The van der Waals surface area contributed by atoms with Gasteiger partial charge in [0.15, 0.2) is 5.78 Å². The van der Waals surface area contributed by atoms with E-state index in [2.05, 4.69) is 13.8 Å². The zero-order valence-corrected chi connectivity index (χ0v) is 11.8. The van der Waals surface area contributed by atoms with Gasteiger partial charge in [-0.15, -0.1) is 0 Å². The fraction of sp³-hybridized carbons (Fsp3) is 0.500. The summed E-state index contributed by atoms with van der Waals surface area (Å²) in [6.07, 6.45) is 0.792. The minimum Gasteiger partial charge on any atom is -0.495 e. The second kappa shape index (κ2) is 6.76. The lowest BCUT2D eigenvalue weighted by Crippen LogP contribution is -2.25. The molecule has 0 aliphatic rings. The molecule has 0 saturated heterocycles. The van der Waals surface area contributed by atoms with E-state index in [1.807, 2.05) is 0 Å². The molecule has 0 aliphatic heterocycles. The zero-order chi connectivity index (χ0) is 13.7. The molecule has 1 unspecified atom stereocenters. The number of Topliss-reactive ketones (excluding diaryl/α,β-unsaturated/α-hetero) is 1. The van der Waals surface area contributed by atoms with Crippen LogP contribution in [-0.2, 0) is 0 Å². The average Bonchev–Trinajstić information content (AvgIpc) is 2.35. The molecule has 3 nitrogen and oxygen atoms in total. The number of hydrogen-bond acceptors (Lipinski definition) is 3. The number of halogens is 1. The normalized spacial score (nSPS) is 12.6. The van der Waals surface area contributed by atoms with E-state index in [0.29, 0.717) is 28.8 Å². The first-order chi connectivity index (χ1) is 8.49. The number of ketones is 1. The minimum absolute atomic E-state index is 0.0566. The molecule has 18 heavy (non-hydrogen) atoms. The number of nitrogens with two attached hydrogens (primary N) is 1. The van der Waals surface area contributed by atoms with Crippen LogP contribution in [0, 0.1) is 11.8 Å². The molecule has 4 heteroatoms. The monoisotopic (exact) mass is 269 g/mol. The number of hydrogen-bond donors (Lipinski definition) is 1. The summed E-state index contributed by atoms with van der Waals surface area (Å²) in [7, 11) is 1.53. The molecule has 0 radical (unpaired) electrons. The van der Waals surface area contributed by atoms with E-state index in [-0.39, 0.29) is 11.7 Å². The molecule has 1 aromatic rings. The second-order valence-corrected chi connectivity index (χ2v) is 5.18. The van der Waals surface area contributed by atoms with Crippen molar-refractivity contribution >= 4 is 17.4 Å². The van der Waals surface area contributed by atoms with Crippen LogP contribution < -0.4 is 10.5 Å². The molecule has 0 fully saturated rings. The lowest BCUT2D eigenvalue weighted by Gasteiger charge is -2.16. The van der Waals surface area contributed by atoms with Crippen LogP contribution in [0.25, 0.3) is 0 Å². The highest BCUT2D eigenvalue weighted by Crippen LogP contribution is 2.27. The molecule has 1 aromatic carbocycles. The topological polar surface area (TPSA) is 52.3 Å². The Balaban J connectivity index is 2.94. The maximum atomic E-state index is 12.3. The molecule has 2 N–H and O–H groups in total. The van der Waals surface area contributed by atoms with Gasteiger partial charge in [0.05, 0.1) is 12.1 Å². The Labute approximate surface area is 113 Å². The number of benzene rings is 1. The molecule has 0 spiro atoms. The summed E-state index contributed by atoms with van der Waals surface area (Å²) in [5.74, 6) is 0.872. The Hall–Kier alpha value is -1.06. The zero-order valence-electron chi connectivity index (χ0n) is 11.1. The van der Waals surface area contributed by atoms with Crippen molar-refractivity contribution in [2.75, 3.05) is 13.7 Å². The number of methoxy groups -OCH3 is 1. The summed E-state index contributed by atoms with van der Waals surface area (Å²) < 4.78 is 5.11. The van der Waals surface area contributed by atoms with Crippen LogP contribution in [0.2, 0.25) is 5.02 Å². The van der Waals surface area contributed by atoms with Gasteiger partial charge in [0.2, 0.25) is 0 Å². The Morgan fingerprint density at radius 3 is 2.61 bits per heavy atom. The van der Waals surface area contributed by atoms with E-state index in [1.165, 1.54) is 7.11 Å². The average molecular weight is 270 g/mol. The first kappa shape index (κ1) is 15.0. The van der Waals surface area contributed by atoms with E-state index >= 15 is 0 Å². The van der Waals surface area contributed by atoms with Crippen LogP contribution in [0.4, 0.5) is 0 Å². The van der Waals surface area contributed by atoms with Crippen molar-refractivity contribution in [3.05, 3.63) is 28.8 Å². The predicted molar refractivity (Wildman–Crippen MR) is 74.3 cm³/mol. The maximum Gasteiger partial charge on any atom is 0.167 e. The largest absolute Gasteiger partial charge is 0.495 e. The molecule has 1 rings (SSSR count). The quantitative estimate of drug-likeness (QED) is 0.807. The molecule has 0 bridgehead atoms. The van der Waals surface area contributed by atoms with E-state index in [4.69, 9.17) is 22.1 Å². The van der Waals surface area contributed by atoms with Crippen molar-refractivity contribution in [2.45, 2.75) is 20.3 Å². The molecule has 0 aliphatic carbocycles. The Bertz CT molecular complexity index is 418. The Morgan fingerprint density at radius 2 is 2.11 bits per heavy atom. The molecule has 0 amide bonds. The van der Waals surface area contributed by atoms with Crippen LogP contribution in [0.1, 0.15) is 30.6 Å². The molecule has 0 saturated carbocycles. The third kappa shape index (κ3) is 3.72. The third-order valence-corrected chi connectivity index (χ3v) is 3.16. The maximum absolute atomic E-state index is 12.3. The van der Waals surface area contributed by atoms with Gasteiger partial charge in [-0.1, -0.05) is 25.4 Å². The van der Waals surface area contributed by atoms with Crippen molar-refractivity contribution < 1.29 is 9.53 Å². The van der Waals surface area contributed by atoms with Gasteiger partial charge in [0, 0.05) is 18.0 Å². The molecule has 0 aromatic heterocycles. The van der Waals surface area contributed by atoms with Gasteiger partial charge < -0.3 is 10.5 Å². The SMILES string of the molecule is COc1cc(C(=O)C(CN)CC(C)C)ccc1Cl. The number of carbonyl (C=O) groups is 1. The highest BCUT2D eigenvalue weighted by molar-refractivity contribution is 6.32. The second-order valence-electron chi connectivity index (χ2n) is 4.78. The Kier molecular flexibility index (Phi) is 5.63. The van der Waals surface area contributed by atoms with Crippen molar-refractivity contribution in [3.8, 4) is 5.75 Å². The first-order valence-electron chi connectivity index (χ1n) is 6.07. The summed E-state index contributed by atoms with van der Waals surface area (Å²) in [5, 5.41) is 0.502. The van der Waals surface area contributed by atoms with E-state index in [0.717, 1.165) is 6.42 Å². The minimum atomic E-state index is -0.143. The number of rotatable bonds is 6. The van der Waals surface area contributed by atoms with Crippen molar-refractivity contribution in [1.82, 2.24) is 0 Å². The van der Waals surface area contributed by atoms with Crippen LogP contribution in [0.15, 0.2) is 18.2 Å². The fourth-order valence-electron chi connectivity index (χ4n) is 1.93. The lowest BCUT2D eigenvalue weighted by molar-refractivity contribution is 0.0908. The van der Waals surface area contributed by atoms with Crippen molar-refractivity contribution in [2.24, 2.45) is 17.6 Å². The van der Waals surface area contributed by atoms with Crippen LogP contribution in [0.3, 0.4) is 0 Å². The molecule has 0 heterocycles. The lowest BCUT2D eigenvalue weighted by atomic mass is 9.90. The van der Waals surface area contributed by atoms with E-state index < -0.39 is 0 Å². The number of ether oxygens (including phenoxy) is 1. The smallest absolute Gasteiger partial charge is 0.167 e. The summed E-state index contributed by atoms with van der Waals surface area (Å²) in [4.78, 5) is 12.3. The molecule has 1 atom stereocenters. The predicted octanol–water partition coefficient (Wildman–Crippen LogP) is 3.15. The molecule has 100 valence electrons. The van der Waals surface area contributed by atoms with Gasteiger partial charge in [-0.2, -0.15) is 0 Å². The molecular formula is C14H20ClNO2. The molecular weight excluding hydrogens is 250 g/mol. The van der Waals surface area contributed by atoms with Gasteiger partial charge in [-0.3, -0.25) is 4.79 Å².